The summed E-state index contributed by atoms with van der Waals surface area (Å²) >= 11 is 7.67. The molecule has 0 aliphatic carbocycles. The third-order valence-electron chi connectivity index (χ3n) is 5.21. The van der Waals surface area contributed by atoms with Gasteiger partial charge >= 0.3 is 11.9 Å². The Hall–Kier alpha value is -3.21. The van der Waals surface area contributed by atoms with Gasteiger partial charge in [-0.1, -0.05) is 29.8 Å². The standard InChI is InChI=1S/C23H24ClN3O6S/c1-5-33-23(30)17-16(12-8-6-7-9-13(12)24)15(22(29)32-4)11(2)26-18(17)19(31-3)21-27-14(10-34-21)20(25)28/h6-10,16,19,26H,5H2,1-4H3,(H2,25,28). The zero-order chi connectivity index (χ0) is 25.0. The van der Waals surface area contributed by atoms with Crippen LogP contribution in [0.2, 0.25) is 5.02 Å². The molecule has 11 heteroatoms. The molecule has 34 heavy (non-hydrogen) atoms. The normalized spacial score (nSPS) is 16.7. The van der Waals surface area contributed by atoms with E-state index in [9.17, 15) is 14.4 Å². The molecule has 1 aliphatic rings. The summed E-state index contributed by atoms with van der Waals surface area (Å²) in [6.07, 6.45) is -0.892. The highest BCUT2D eigenvalue weighted by atomic mass is 35.5. The topological polar surface area (TPSA) is 130 Å². The number of methoxy groups -OCH3 is 2. The van der Waals surface area contributed by atoms with Gasteiger partial charge in [-0.05, 0) is 25.5 Å². The highest BCUT2D eigenvalue weighted by molar-refractivity contribution is 7.10. The Morgan fingerprint density at radius 1 is 1.21 bits per heavy atom. The van der Waals surface area contributed by atoms with Crippen LogP contribution in [0.3, 0.4) is 0 Å². The third kappa shape index (κ3) is 4.84. The number of amides is 1. The van der Waals surface area contributed by atoms with Gasteiger partial charge in [0.25, 0.3) is 5.91 Å². The largest absolute Gasteiger partial charge is 0.466 e. The van der Waals surface area contributed by atoms with Crippen molar-refractivity contribution in [1.82, 2.24) is 10.3 Å². The number of carbonyl (C=O) groups excluding carboxylic acids is 3. The van der Waals surface area contributed by atoms with E-state index in [0.29, 0.717) is 27.0 Å². The molecule has 0 bridgehead atoms. The second-order valence-electron chi connectivity index (χ2n) is 7.21. The van der Waals surface area contributed by atoms with Crippen LogP contribution < -0.4 is 11.1 Å². The van der Waals surface area contributed by atoms with Crippen LogP contribution in [0, 0.1) is 0 Å². The number of halogens is 1. The Bertz CT molecular complexity index is 1190. The van der Waals surface area contributed by atoms with Crippen molar-refractivity contribution in [1.29, 1.82) is 0 Å². The van der Waals surface area contributed by atoms with E-state index in [4.69, 9.17) is 31.5 Å². The molecule has 1 aromatic carbocycles. The Kier molecular flexibility index (Phi) is 8.08. The van der Waals surface area contributed by atoms with E-state index in [0.717, 1.165) is 11.3 Å². The number of nitrogens with zero attached hydrogens (tertiary/aromatic N) is 1. The molecular formula is C23H24ClN3O6S. The molecule has 9 nitrogen and oxygen atoms in total. The smallest absolute Gasteiger partial charge is 0.336 e. The monoisotopic (exact) mass is 505 g/mol. The van der Waals surface area contributed by atoms with Crippen molar-refractivity contribution in [3.05, 3.63) is 73.5 Å². The van der Waals surface area contributed by atoms with Crippen molar-refractivity contribution >= 4 is 40.8 Å². The van der Waals surface area contributed by atoms with Crippen molar-refractivity contribution in [3.63, 3.8) is 0 Å². The highest BCUT2D eigenvalue weighted by Gasteiger charge is 2.42. The molecule has 2 heterocycles. The number of hydrogen-bond donors (Lipinski definition) is 2. The lowest BCUT2D eigenvalue weighted by molar-refractivity contribution is -0.139. The maximum atomic E-state index is 13.3. The summed E-state index contributed by atoms with van der Waals surface area (Å²) in [5.74, 6) is -2.90. The van der Waals surface area contributed by atoms with E-state index < -0.39 is 29.9 Å². The van der Waals surface area contributed by atoms with E-state index in [-0.39, 0.29) is 23.4 Å². The molecule has 0 spiro atoms. The van der Waals surface area contributed by atoms with Gasteiger partial charge in [-0.15, -0.1) is 11.3 Å². The SMILES string of the molecule is CCOC(=O)C1=C(C(OC)c2nc(C(N)=O)cs2)NC(C)=C(C(=O)OC)C1c1ccccc1Cl. The fourth-order valence-corrected chi connectivity index (χ4v) is 4.90. The van der Waals surface area contributed by atoms with Gasteiger partial charge in [0.1, 0.15) is 16.8 Å². The van der Waals surface area contributed by atoms with Crippen molar-refractivity contribution in [3.8, 4) is 0 Å². The summed E-state index contributed by atoms with van der Waals surface area (Å²) in [5.41, 5.74) is 7.00. The van der Waals surface area contributed by atoms with Crippen LogP contribution in [0.15, 0.2) is 52.2 Å². The first-order valence-electron chi connectivity index (χ1n) is 10.2. The number of nitrogens with one attached hydrogen (secondary N) is 1. The molecule has 180 valence electrons. The van der Waals surface area contributed by atoms with E-state index in [1.807, 2.05) is 0 Å². The lowest BCUT2D eigenvalue weighted by atomic mass is 9.79. The van der Waals surface area contributed by atoms with E-state index >= 15 is 0 Å². The Morgan fingerprint density at radius 3 is 2.47 bits per heavy atom. The summed E-state index contributed by atoms with van der Waals surface area (Å²) in [5, 5.41) is 5.36. The highest BCUT2D eigenvalue weighted by Crippen LogP contribution is 2.45. The number of dihydropyridines is 1. The molecule has 3 rings (SSSR count). The number of carbonyl (C=O) groups is 3. The van der Waals surface area contributed by atoms with Gasteiger partial charge in [-0.2, -0.15) is 0 Å². The molecule has 0 radical (unpaired) electrons. The second-order valence-corrected chi connectivity index (χ2v) is 8.51. The van der Waals surface area contributed by atoms with Crippen LogP contribution in [-0.2, 0) is 23.8 Å². The van der Waals surface area contributed by atoms with Crippen LogP contribution in [0.25, 0.3) is 0 Å². The first-order valence-corrected chi connectivity index (χ1v) is 11.5. The number of rotatable bonds is 8. The molecule has 0 fully saturated rings. The van der Waals surface area contributed by atoms with Crippen molar-refractivity contribution in [2.24, 2.45) is 5.73 Å². The first kappa shape index (κ1) is 25.4. The summed E-state index contributed by atoms with van der Waals surface area (Å²) < 4.78 is 16.1. The second kappa shape index (κ2) is 10.8. The molecule has 0 saturated carbocycles. The molecular weight excluding hydrogens is 482 g/mol. The molecule has 2 unspecified atom stereocenters. The molecule has 2 aromatic rings. The molecule has 1 aliphatic heterocycles. The van der Waals surface area contributed by atoms with Gasteiger partial charge in [0, 0.05) is 23.2 Å². The summed E-state index contributed by atoms with van der Waals surface area (Å²) in [6, 6.07) is 6.89. The van der Waals surface area contributed by atoms with Gasteiger partial charge in [0.15, 0.2) is 0 Å². The van der Waals surface area contributed by atoms with E-state index in [2.05, 4.69) is 10.3 Å². The molecule has 2 atom stereocenters. The average molecular weight is 506 g/mol. The third-order valence-corrected chi connectivity index (χ3v) is 6.44. The number of hydrogen-bond acceptors (Lipinski definition) is 9. The van der Waals surface area contributed by atoms with Crippen molar-refractivity contribution in [2.45, 2.75) is 25.9 Å². The van der Waals surface area contributed by atoms with Gasteiger partial charge in [-0.25, -0.2) is 14.6 Å². The number of primary amides is 1. The number of nitrogens with two attached hydrogens (primary N) is 1. The number of allylic oxidation sites excluding steroid dienone is 1. The molecule has 3 N–H and O–H groups in total. The lowest BCUT2D eigenvalue weighted by Crippen LogP contribution is -2.35. The predicted octanol–water partition coefficient (Wildman–Crippen LogP) is 3.23. The lowest BCUT2D eigenvalue weighted by Gasteiger charge is -2.33. The maximum absolute atomic E-state index is 13.3. The summed E-state index contributed by atoms with van der Waals surface area (Å²) in [6.45, 7) is 3.46. The molecule has 1 amide bonds. The molecule has 1 aromatic heterocycles. The summed E-state index contributed by atoms with van der Waals surface area (Å²) in [7, 11) is 2.70. The first-order chi connectivity index (χ1) is 16.2. The van der Waals surface area contributed by atoms with Crippen molar-refractivity contribution < 1.29 is 28.6 Å². The van der Waals surface area contributed by atoms with Gasteiger partial charge in [-0.3, -0.25) is 4.79 Å². The fourth-order valence-electron chi connectivity index (χ4n) is 3.76. The van der Waals surface area contributed by atoms with Crippen molar-refractivity contribution in [2.75, 3.05) is 20.8 Å². The number of benzene rings is 1. The Morgan fingerprint density at radius 2 is 1.91 bits per heavy atom. The number of esters is 2. The minimum atomic E-state index is -0.912. The number of aromatic nitrogens is 1. The minimum absolute atomic E-state index is 0.0707. The van der Waals surface area contributed by atoms with Crippen LogP contribution in [0.4, 0.5) is 0 Å². The maximum Gasteiger partial charge on any atom is 0.336 e. The van der Waals surface area contributed by atoms with Crippen LogP contribution in [0.1, 0.15) is 46.9 Å². The quantitative estimate of drug-likeness (QED) is 0.523. The fraction of sp³-hybridized carbons (Fsp3) is 0.304. The summed E-state index contributed by atoms with van der Waals surface area (Å²) in [4.78, 5) is 42.1. The van der Waals surface area contributed by atoms with Crippen LogP contribution in [-0.4, -0.2) is 43.7 Å². The average Bonchev–Trinajstić information content (AvgIpc) is 3.29. The van der Waals surface area contributed by atoms with Crippen LogP contribution in [0.5, 0.6) is 0 Å². The van der Waals surface area contributed by atoms with E-state index in [1.165, 1.54) is 19.6 Å². The number of thiazole rings is 1. The number of ether oxygens (including phenoxy) is 3. The van der Waals surface area contributed by atoms with E-state index in [1.54, 1.807) is 38.1 Å². The zero-order valence-corrected chi connectivity index (χ0v) is 20.6. The van der Waals surface area contributed by atoms with Crippen LogP contribution >= 0.6 is 22.9 Å². The predicted molar refractivity (Wildman–Crippen MR) is 126 cm³/mol. The Labute approximate surface area is 205 Å². The zero-order valence-electron chi connectivity index (χ0n) is 19.0. The van der Waals surface area contributed by atoms with Gasteiger partial charge < -0.3 is 25.3 Å². The minimum Gasteiger partial charge on any atom is -0.466 e. The molecule has 0 saturated heterocycles. The van der Waals surface area contributed by atoms with Gasteiger partial charge in [0.05, 0.1) is 36.5 Å². The van der Waals surface area contributed by atoms with Gasteiger partial charge in [0.2, 0.25) is 0 Å². The Balaban J connectivity index is 2.32.